The van der Waals surface area contributed by atoms with Crippen molar-refractivity contribution in [2.75, 3.05) is 31.8 Å². The Labute approximate surface area is 254 Å². The minimum Gasteiger partial charge on any atom is -0.394 e. The normalized spacial score (nSPS) is 27.8. The number of ether oxygens (including phenoxy) is 3. The summed E-state index contributed by atoms with van der Waals surface area (Å²) in [7, 11) is 1.28. The first-order valence-corrected chi connectivity index (χ1v) is 14.2. The molecule has 226 valence electrons. The molecule has 3 N–H and O–H groups in total. The van der Waals surface area contributed by atoms with E-state index in [1.807, 2.05) is 0 Å². The van der Waals surface area contributed by atoms with Crippen molar-refractivity contribution in [2.45, 2.75) is 42.6 Å². The molecule has 11 nitrogen and oxygen atoms in total. The lowest BCUT2D eigenvalue weighted by Crippen LogP contribution is -2.63. The molecule has 2 aromatic carbocycles. The van der Waals surface area contributed by atoms with Crippen LogP contribution in [0.1, 0.15) is 6.04 Å². The lowest BCUT2D eigenvalue weighted by atomic mass is 9.91. The Bertz CT molecular complexity index is 1420. The van der Waals surface area contributed by atoms with E-state index in [1.165, 1.54) is 18.2 Å². The molecule has 1 amide bonds. The standard InChI is InChI=1S/C26H25Br2F3N4O7/c1-40-24-22(34-7-17(32-33-34)11-2-15(29)21(31)16(30)3-11)23(38)20(8-36)42-25(24)26(39)35(18-9-41-10-19(18)37)14-5-12(27)4-13(28)6-14/h2-7,18-20,22-25,36-38H,8-10H2,1H3/t18-,19-,20?,22?,23?,24?,25?/m1/s1. The molecule has 42 heavy (non-hydrogen) atoms. The van der Waals surface area contributed by atoms with Crippen LogP contribution >= 0.6 is 31.9 Å². The van der Waals surface area contributed by atoms with Crippen molar-refractivity contribution in [1.82, 2.24) is 15.0 Å². The highest BCUT2D eigenvalue weighted by atomic mass is 79.9. The second-order valence-electron chi connectivity index (χ2n) is 9.80. The van der Waals surface area contributed by atoms with E-state index in [9.17, 15) is 33.3 Å². The van der Waals surface area contributed by atoms with Gasteiger partial charge in [-0.05, 0) is 30.3 Å². The minimum atomic E-state index is -1.64. The van der Waals surface area contributed by atoms with E-state index in [0.29, 0.717) is 14.6 Å². The SMILES string of the molecule is COC1C(C(=O)N(c2cc(Br)cc(Br)c2)[C@@H]2COC[C@H]2O)OC(CO)C(O)C1n1cc(-c2cc(F)c(F)c(F)c2)nn1. The van der Waals surface area contributed by atoms with E-state index >= 15 is 0 Å². The Kier molecular flexibility index (Phi) is 9.34. The summed E-state index contributed by atoms with van der Waals surface area (Å²) >= 11 is 6.82. The number of aromatic nitrogens is 3. The molecular formula is C26H25Br2F3N4O7. The van der Waals surface area contributed by atoms with Crippen molar-refractivity contribution in [3.8, 4) is 11.3 Å². The van der Waals surface area contributed by atoms with Gasteiger partial charge in [-0.2, -0.15) is 0 Å². The summed E-state index contributed by atoms with van der Waals surface area (Å²) < 4.78 is 60.6. The smallest absolute Gasteiger partial charge is 0.259 e. The van der Waals surface area contributed by atoms with Gasteiger partial charge in [-0.3, -0.25) is 4.79 Å². The van der Waals surface area contributed by atoms with Crippen LogP contribution in [0.2, 0.25) is 0 Å². The number of nitrogens with zero attached hydrogens (tertiary/aromatic N) is 4. The monoisotopic (exact) mass is 720 g/mol. The van der Waals surface area contributed by atoms with Gasteiger partial charge in [-0.25, -0.2) is 17.9 Å². The van der Waals surface area contributed by atoms with Crippen LogP contribution in [-0.4, -0.2) is 99.7 Å². The fraction of sp³-hybridized carbons (Fsp3) is 0.423. The fourth-order valence-corrected chi connectivity index (χ4v) is 6.46. The summed E-state index contributed by atoms with van der Waals surface area (Å²) in [4.78, 5) is 15.6. The maximum atomic E-state index is 14.3. The summed E-state index contributed by atoms with van der Waals surface area (Å²) in [5.41, 5.74) is 0.207. The molecule has 7 atom stereocenters. The number of hydrogen-bond donors (Lipinski definition) is 3. The molecule has 3 heterocycles. The summed E-state index contributed by atoms with van der Waals surface area (Å²) in [6, 6.07) is 4.58. The Morgan fingerprint density at radius 2 is 1.79 bits per heavy atom. The number of anilines is 1. The van der Waals surface area contributed by atoms with Crippen LogP contribution in [-0.2, 0) is 19.0 Å². The van der Waals surface area contributed by atoms with Crippen molar-refractivity contribution in [3.63, 3.8) is 0 Å². The number of aliphatic hydroxyl groups is 3. The summed E-state index contributed by atoms with van der Waals surface area (Å²) in [6.45, 7) is -0.671. The third kappa shape index (κ3) is 5.86. The van der Waals surface area contributed by atoms with Crippen molar-refractivity contribution >= 4 is 43.5 Å². The maximum absolute atomic E-state index is 14.3. The predicted octanol–water partition coefficient (Wildman–Crippen LogP) is 2.36. The number of amides is 1. The molecule has 2 saturated heterocycles. The van der Waals surface area contributed by atoms with E-state index < -0.39 is 72.6 Å². The van der Waals surface area contributed by atoms with E-state index in [-0.39, 0.29) is 24.5 Å². The molecule has 3 aromatic rings. The lowest BCUT2D eigenvalue weighted by Gasteiger charge is -2.45. The number of carbonyl (C=O) groups is 1. The highest BCUT2D eigenvalue weighted by Crippen LogP contribution is 2.36. The molecule has 5 unspecified atom stereocenters. The molecule has 2 aliphatic heterocycles. The molecule has 0 bridgehead atoms. The number of benzene rings is 2. The summed E-state index contributed by atoms with van der Waals surface area (Å²) in [6.07, 6.45) is -5.23. The van der Waals surface area contributed by atoms with Crippen LogP contribution in [0, 0.1) is 17.5 Å². The Morgan fingerprint density at radius 1 is 1.12 bits per heavy atom. The third-order valence-electron chi connectivity index (χ3n) is 7.19. The molecule has 0 radical (unpaired) electrons. The van der Waals surface area contributed by atoms with Crippen LogP contribution in [0.25, 0.3) is 11.3 Å². The highest BCUT2D eigenvalue weighted by Gasteiger charge is 2.52. The summed E-state index contributed by atoms with van der Waals surface area (Å²) in [5, 5.41) is 39.8. The molecule has 2 aliphatic rings. The first-order valence-electron chi connectivity index (χ1n) is 12.6. The second kappa shape index (κ2) is 12.7. The van der Waals surface area contributed by atoms with Gasteiger partial charge in [-0.1, -0.05) is 37.1 Å². The Hall–Kier alpha value is -2.44. The number of rotatable bonds is 7. The zero-order valence-corrected chi connectivity index (χ0v) is 25.0. The number of aliphatic hydroxyl groups excluding tert-OH is 3. The van der Waals surface area contributed by atoms with E-state index in [4.69, 9.17) is 14.2 Å². The molecule has 2 fully saturated rings. The van der Waals surface area contributed by atoms with E-state index in [1.54, 1.807) is 18.2 Å². The lowest BCUT2D eigenvalue weighted by molar-refractivity contribution is -0.211. The van der Waals surface area contributed by atoms with Gasteiger partial charge in [-0.15, -0.1) is 5.10 Å². The number of methoxy groups -OCH3 is 1. The molecule has 0 saturated carbocycles. The first-order chi connectivity index (χ1) is 20.0. The number of carbonyl (C=O) groups excluding carboxylic acids is 1. The number of halogens is 5. The van der Waals surface area contributed by atoms with Crippen molar-refractivity contribution in [3.05, 3.63) is 62.9 Å². The molecule has 1 aromatic heterocycles. The second-order valence-corrected chi connectivity index (χ2v) is 11.6. The molecular weight excluding hydrogens is 697 g/mol. The highest BCUT2D eigenvalue weighted by molar-refractivity contribution is 9.11. The van der Waals surface area contributed by atoms with Crippen molar-refractivity contribution in [1.29, 1.82) is 0 Å². The van der Waals surface area contributed by atoms with Gasteiger partial charge in [0.05, 0.1) is 32.1 Å². The zero-order chi connectivity index (χ0) is 30.3. The largest absolute Gasteiger partial charge is 0.394 e. The third-order valence-corrected chi connectivity index (χ3v) is 8.11. The zero-order valence-electron chi connectivity index (χ0n) is 21.8. The van der Waals surface area contributed by atoms with E-state index in [2.05, 4.69) is 42.2 Å². The van der Waals surface area contributed by atoms with Gasteiger partial charge in [0.1, 0.15) is 36.2 Å². The van der Waals surface area contributed by atoms with Crippen LogP contribution in [0.4, 0.5) is 18.9 Å². The quantitative estimate of drug-likeness (QED) is 0.314. The molecule has 16 heteroatoms. The summed E-state index contributed by atoms with van der Waals surface area (Å²) in [5.74, 6) is -5.16. The molecule has 0 spiro atoms. The molecule has 5 rings (SSSR count). The Balaban J connectivity index is 1.54. The number of hydrogen-bond acceptors (Lipinski definition) is 9. The van der Waals surface area contributed by atoms with Gasteiger partial charge in [0.25, 0.3) is 5.91 Å². The van der Waals surface area contributed by atoms with Crippen LogP contribution < -0.4 is 4.90 Å². The van der Waals surface area contributed by atoms with Gasteiger partial charge in [0.15, 0.2) is 23.6 Å². The van der Waals surface area contributed by atoms with Gasteiger partial charge < -0.3 is 34.4 Å². The van der Waals surface area contributed by atoms with Gasteiger partial charge in [0, 0.05) is 27.3 Å². The van der Waals surface area contributed by atoms with Gasteiger partial charge in [0.2, 0.25) is 0 Å². The molecule has 0 aliphatic carbocycles. The van der Waals surface area contributed by atoms with Crippen molar-refractivity contribution in [2.24, 2.45) is 0 Å². The fourth-order valence-electron chi connectivity index (χ4n) is 5.19. The predicted molar refractivity (Wildman–Crippen MR) is 147 cm³/mol. The van der Waals surface area contributed by atoms with Gasteiger partial charge >= 0.3 is 0 Å². The topological polar surface area (TPSA) is 139 Å². The van der Waals surface area contributed by atoms with Crippen LogP contribution in [0.3, 0.4) is 0 Å². The van der Waals surface area contributed by atoms with Crippen LogP contribution in [0.5, 0.6) is 0 Å². The average molecular weight is 722 g/mol. The minimum absolute atomic E-state index is 0.00420. The maximum Gasteiger partial charge on any atom is 0.259 e. The van der Waals surface area contributed by atoms with Crippen molar-refractivity contribution < 1.29 is 47.5 Å². The van der Waals surface area contributed by atoms with Crippen LogP contribution in [0.15, 0.2) is 45.5 Å². The first kappa shape index (κ1) is 31.0. The average Bonchev–Trinajstić information content (AvgIpc) is 3.60. The van der Waals surface area contributed by atoms with E-state index in [0.717, 1.165) is 16.8 Å². The Morgan fingerprint density at radius 3 is 2.36 bits per heavy atom.